The second kappa shape index (κ2) is 13.9. The highest BCUT2D eigenvalue weighted by molar-refractivity contribution is 4.73. The molecule has 1 nitrogen and oxygen atoms in total. The van der Waals surface area contributed by atoms with E-state index in [4.69, 9.17) is 0 Å². The molecular formula is C17H36FN. The highest BCUT2D eigenvalue weighted by atomic mass is 19.1. The average Bonchev–Trinajstić information content (AvgIpc) is 2.43. The van der Waals surface area contributed by atoms with Crippen molar-refractivity contribution >= 4 is 0 Å². The van der Waals surface area contributed by atoms with Gasteiger partial charge in [-0.1, -0.05) is 48.1 Å². The molecule has 0 aliphatic carbocycles. The van der Waals surface area contributed by atoms with E-state index >= 15 is 0 Å². The largest absolute Gasteiger partial charge is 0.391 e. The predicted octanol–water partition coefficient (Wildman–Crippen LogP) is 5.57. The molecule has 0 aromatic heterocycles. The molecule has 0 rings (SSSR count). The van der Waals surface area contributed by atoms with Crippen molar-refractivity contribution in [3.05, 3.63) is 12.8 Å². The molecule has 0 saturated heterocycles. The van der Waals surface area contributed by atoms with Gasteiger partial charge in [0.1, 0.15) is 0 Å². The van der Waals surface area contributed by atoms with Gasteiger partial charge in [0.25, 0.3) is 0 Å². The average molecular weight is 273 g/mol. The van der Waals surface area contributed by atoms with Crippen LogP contribution >= 0.6 is 0 Å². The Balaban J connectivity index is 0. The highest BCUT2D eigenvalue weighted by Crippen LogP contribution is 2.24. The highest BCUT2D eigenvalue weighted by Gasteiger charge is 2.16. The number of rotatable bonds is 10. The standard InChI is InChI=1S/C15H30FN.C2H6/c1-6-15(16)9-8-14(11-17-7-2)10-13(5)12(3)4;1-2/h7,12-15,17H,2,6,8-11H2,1,3-5H3;1-2H3. The van der Waals surface area contributed by atoms with Crippen molar-refractivity contribution in [1.82, 2.24) is 5.32 Å². The summed E-state index contributed by atoms with van der Waals surface area (Å²) in [6, 6.07) is 0. The van der Waals surface area contributed by atoms with Crippen LogP contribution in [0.15, 0.2) is 12.8 Å². The molecule has 0 radical (unpaired) electrons. The Labute approximate surface area is 121 Å². The molecule has 1 N–H and O–H groups in total. The molecule has 0 bridgehead atoms. The quantitative estimate of drug-likeness (QED) is 0.548. The first-order valence-electron chi connectivity index (χ1n) is 7.99. The first kappa shape index (κ1) is 20.8. The summed E-state index contributed by atoms with van der Waals surface area (Å²) in [6.07, 6.45) is 4.60. The van der Waals surface area contributed by atoms with Gasteiger partial charge in [-0.15, -0.1) is 0 Å². The fraction of sp³-hybridized carbons (Fsp3) is 0.882. The predicted molar refractivity (Wildman–Crippen MR) is 86.1 cm³/mol. The van der Waals surface area contributed by atoms with E-state index in [2.05, 4.69) is 32.7 Å². The van der Waals surface area contributed by atoms with Gasteiger partial charge in [-0.25, -0.2) is 4.39 Å². The summed E-state index contributed by atoms with van der Waals surface area (Å²) in [7, 11) is 0. The first-order valence-corrected chi connectivity index (χ1v) is 7.99. The zero-order chi connectivity index (χ0) is 15.3. The molecule has 0 amide bonds. The van der Waals surface area contributed by atoms with E-state index in [9.17, 15) is 4.39 Å². The summed E-state index contributed by atoms with van der Waals surface area (Å²) in [5, 5.41) is 3.18. The van der Waals surface area contributed by atoms with E-state index < -0.39 is 6.17 Å². The SMILES string of the molecule is C=CNCC(CCC(F)CC)CC(C)C(C)C.CC. The Morgan fingerprint density at radius 1 is 1.16 bits per heavy atom. The third-order valence-electron chi connectivity index (χ3n) is 3.73. The summed E-state index contributed by atoms with van der Waals surface area (Å²) in [5.74, 6) is 1.97. The fourth-order valence-corrected chi connectivity index (χ4v) is 1.97. The molecule has 0 spiro atoms. The molecule has 116 valence electrons. The smallest absolute Gasteiger partial charge is 0.0999 e. The van der Waals surface area contributed by atoms with Crippen LogP contribution in [0.3, 0.4) is 0 Å². The molecule has 19 heavy (non-hydrogen) atoms. The summed E-state index contributed by atoms with van der Waals surface area (Å²) in [6.45, 7) is 17.3. The van der Waals surface area contributed by atoms with E-state index in [-0.39, 0.29) is 0 Å². The van der Waals surface area contributed by atoms with Crippen LogP contribution in [0.4, 0.5) is 4.39 Å². The number of halogens is 1. The van der Waals surface area contributed by atoms with Gasteiger partial charge >= 0.3 is 0 Å². The fourth-order valence-electron chi connectivity index (χ4n) is 1.97. The second-order valence-corrected chi connectivity index (χ2v) is 5.52. The normalized spacial score (nSPS) is 15.2. The van der Waals surface area contributed by atoms with E-state index in [0.29, 0.717) is 30.6 Å². The van der Waals surface area contributed by atoms with Crippen LogP contribution in [0.25, 0.3) is 0 Å². The Kier molecular flexibility index (Phi) is 15.2. The van der Waals surface area contributed by atoms with Gasteiger partial charge in [-0.3, -0.25) is 0 Å². The number of nitrogens with one attached hydrogen (secondary N) is 1. The molecular weight excluding hydrogens is 237 g/mol. The van der Waals surface area contributed by atoms with Crippen LogP contribution in [0.5, 0.6) is 0 Å². The molecule has 0 aromatic rings. The second-order valence-electron chi connectivity index (χ2n) is 5.52. The van der Waals surface area contributed by atoms with Crippen LogP contribution in [-0.2, 0) is 0 Å². The van der Waals surface area contributed by atoms with Gasteiger partial charge in [0.15, 0.2) is 0 Å². The zero-order valence-corrected chi connectivity index (χ0v) is 14.0. The lowest BCUT2D eigenvalue weighted by Crippen LogP contribution is -2.22. The minimum atomic E-state index is -0.629. The van der Waals surface area contributed by atoms with Crippen molar-refractivity contribution in [2.45, 2.75) is 73.4 Å². The lowest BCUT2D eigenvalue weighted by atomic mass is 9.85. The van der Waals surface area contributed by atoms with Gasteiger partial charge in [0.05, 0.1) is 6.17 Å². The van der Waals surface area contributed by atoms with Crippen molar-refractivity contribution < 1.29 is 4.39 Å². The maximum atomic E-state index is 13.3. The number of hydrogen-bond donors (Lipinski definition) is 1. The van der Waals surface area contributed by atoms with Gasteiger partial charge in [0, 0.05) is 6.54 Å². The molecule has 0 aliphatic rings. The Morgan fingerprint density at radius 2 is 1.74 bits per heavy atom. The maximum absolute atomic E-state index is 13.3. The molecule has 3 unspecified atom stereocenters. The lowest BCUT2D eigenvalue weighted by molar-refractivity contribution is 0.250. The van der Waals surface area contributed by atoms with Crippen molar-refractivity contribution in [3.8, 4) is 0 Å². The summed E-state index contributed by atoms with van der Waals surface area (Å²) >= 11 is 0. The summed E-state index contributed by atoms with van der Waals surface area (Å²) in [4.78, 5) is 0. The van der Waals surface area contributed by atoms with Crippen LogP contribution in [-0.4, -0.2) is 12.7 Å². The minimum absolute atomic E-state index is 0.565. The van der Waals surface area contributed by atoms with Crippen LogP contribution < -0.4 is 5.32 Å². The van der Waals surface area contributed by atoms with E-state index in [0.717, 1.165) is 13.0 Å². The molecule has 0 aliphatic heterocycles. The maximum Gasteiger partial charge on any atom is 0.0999 e. The van der Waals surface area contributed by atoms with E-state index in [1.54, 1.807) is 6.20 Å². The van der Waals surface area contributed by atoms with Crippen LogP contribution in [0.2, 0.25) is 0 Å². The van der Waals surface area contributed by atoms with Crippen molar-refractivity contribution in [2.24, 2.45) is 17.8 Å². The molecule has 3 atom stereocenters. The number of hydrogen-bond acceptors (Lipinski definition) is 1. The molecule has 0 fully saturated rings. The summed E-state index contributed by atoms with van der Waals surface area (Å²) in [5.41, 5.74) is 0. The van der Waals surface area contributed by atoms with Crippen LogP contribution in [0.1, 0.15) is 67.2 Å². The Morgan fingerprint density at radius 3 is 2.16 bits per heavy atom. The molecule has 0 saturated carbocycles. The zero-order valence-electron chi connectivity index (χ0n) is 14.0. The van der Waals surface area contributed by atoms with Crippen molar-refractivity contribution in [2.75, 3.05) is 6.54 Å². The van der Waals surface area contributed by atoms with E-state index in [1.807, 2.05) is 20.8 Å². The Bertz CT molecular complexity index is 192. The van der Waals surface area contributed by atoms with Gasteiger partial charge in [-0.2, -0.15) is 0 Å². The summed E-state index contributed by atoms with van der Waals surface area (Å²) < 4.78 is 13.3. The molecule has 0 heterocycles. The Hall–Kier alpha value is -0.530. The van der Waals surface area contributed by atoms with Crippen molar-refractivity contribution in [3.63, 3.8) is 0 Å². The van der Waals surface area contributed by atoms with Gasteiger partial charge in [0.2, 0.25) is 0 Å². The van der Waals surface area contributed by atoms with E-state index in [1.165, 1.54) is 6.42 Å². The third kappa shape index (κ3) is 12.3. The third-order valence-corrected chi connectivity index (χ3v) is 3.73. The van der Waals surface area contributed by atoms with Gasteiger partial charge < -0.3 is 5.32 Å². The molecule has 0 aromatic carbocycles. The topological polar surface area (TPSA) is 12.0 Å². The molecule has 2 heteroatoms. The number of alkyl halides is 1. The lowest BCUT2D eigenvalue weighted by Gasteiger charge is -2.24. The van der Waals surface area contributed by atoms with Crippen molar-refractivity contribution in [1.29, 1.82) is 0 Å². The minimum Gasteiger partial charge on any atom is -0.391 e. The first-order chi connectivity index (χ1) is 9.01. The van der Waals surface area contributed by atoms with Gasteiger partial charge in [-0.05, 0) is 49.6 Å². The van der Waals surface area contributed by atoms with Crippen LogP contribution in [0, 0.1) is 17.8 Å². The monoisotopic (exact) mass is 273 g/mol.